The van der Waals surface area contributed by atoms with Gasteiger partial charge in [-0.2, -0.15) is 0 Å². The van der Waals surface area contributed by atoms with Gasteiger partial charge in [-0.15, -0.1) is 0 Å². The molecule has 29 heavy (non-hydrogen) atoms. The highest BCUT2D eigenvalue weighted by Crippen LogP contribution is 2.39. The summed E-state index contributed by atoms with van der Waals surface area (Å²) in [5.74, 6) is -0.747. The molecule has 0 amide bonds. The number of rotatable bonds is 7. The van der Waals surface area contributed by atoms with E-state index >= 15 is 0 Å². The van der Waals surface area contributed by atoms with Crippen LogP contribution in [-0.4, -0.2) is 47.9 Å². The zero-order valence-corrected chi connectivity index (χ0v) is 17.1. The Labute approximate surface area is 174 Å². The Hall–Kier alpha value is -2.09. The maximum atomic E-state index is 10.6. The molecule has 7 heteroatoms. The molecule has 1 heterocycles. The molecule has 0 bridgehead atoms. The highest BCUT2D eigenvalue weighted by Gasteiger charge is 2.49. The van der Waals surface area contributed by atoms with Gasteiger partial charge in [-0.05, 0) is 54.8 Å². The second-order valence-electron chi connectivity index (χ2n) is 6.76. The molecule has 156 valence electrons. The molecule has 2 aromatic carbocycles. The molecule has 6 nitrogen and oxygen atoms in total. The molecule has 0 aromatic heterocycles. The van der Waals surface area contributed by atoms with E-state index in [9.17, 15) is 15.3 Å². The van der Waals surface area contributed by atoms with Crippen LogP contribution < -0.4 is 4.74 Å². The normalized spacial score (nSPS) is 24.0. The minimum Gasteiger partial charge on any atom is -0.494 e. The summed E-state index contributed by atoms with van der Waals surface area (Å²) in [5, 5.41) is 30.8. The average Bonchev–Trinajstić information content (AvgIpc) is 2.73. The zero-order valence-electron chi connectivity index (χ0n) is 16.3. The number of benzene rings is 2. The summed E-state index contributed by atoms with van der Waals surface area (Å²) in [5.41, 5.74) is 2.31. The van der Waals surface area contributed by atoms with E-state index in [0.29, 0.717) is 23.6 Å². The van der Waals surface area contributed by atoms with Crippen molar-refractivity contribution in [2.75, 3.05) is 20.3 Å². The summed E-state index contributed by atoms with van der Waals surface area (Å²) < 4.78 is 16.7. The Kier molecular flexibility index (Phi) is 6.82. The number of hydrogen-bond acceptors (Lipinski definition) is 6. The molecule has 0 saturated carbocycles. The Morgan fingerprint density at radius 2 is 1.86 bits per heavy atom. The van der Waals surface area contributed by atoms with Gasteiger partial charge < -0.3 is 29.5 Å². The number of aliphatic hydroxyl groups is 3. The molecular formula is C22H25ClO6. The summed E-state index contributed by atoms with van der Waals surface area (Å²) in [6.07, 6.45) is -0.836. The minimum atomic E-state index is -1.66. The molecule has 3 rings (SSSR count). The molecule has 0 unspecified atom stereocenters. The number of methoxy groups -OCH3 is 1. The molecule has 1 aliphatic heterocycles. The molecule has 0 saturated heterocycles. The van der Waals surface area contributed by atoms with Gasteiger partial charge in [-0.25, -0.2) is 0 Å². The van der Waals surface area contributed by atoms with Crippen LogP contribution in [0.1, 0.15) is 23.6 Å². The lowest BCUT2D eigenvalue weighted by Crippen LogP contribution is -2.52. The topological polar surface area (TPSA) is 88.4 Å². The van der Waals surface area contributed by atoms with Gasteiger partial charge in [0, 0.05) is 17.7 Å². The standard InChI is InChI=1S/C22H25ClO6/c1-3-28-17-7-4-14(5-8-17)10-15-11-16(6-9-19(15)23)22(27-2)21(26)20(25)12-18(13-24)29-22/h4-9,11-12,20-21,24-26H,3,10,13H2,1-2H3/t20-,21+,22-/m0/s1. The smallest absolute Gasteiger partial charge is 0.265 e. The van der Waals surface area contributed by atoms with Gasteiger partial charge in [0.15, 0.2) is 6.10 Å². The highest BCUT2D eigenvalue weighted by atomic mass is 35.5. The van der Waals surface area contributed by atoms with Gasteiger partial charge in [0.25, 0.3) is 5.79 Å². The van der Waals surface area contributed by atoms with Crippen molar-refractivity contribution in [1.82, 2.24) is 0 Å². The average molecular weight is 421 g/mol. The first-order valence-electron chi connectivity index (χ1n) is 9.36. The van der Waals surface area contributed by atoms with Crippen molar-refractivity contribution in [1.29, 1.82) is 0 Å². The lowest BCUT2D eigenvalue weighted by atomic mass is 9.91. The van der Waals surface area contributed by atoms with Crippen molar-refractivity contribution in [3.8, 4) is 5.75 Å². The number of halogens is 1. The van der Waals surface area contributed by atoms with Crippen LogP contribution in [0.2, 0.25) is 5.02 Å². The maximum absolute atomic E-state index is 10.6. The second-order valence-corrected chi connectivity index (χ2v) is 7.17. The summed E-state index contributed by atoms with van der Waals surface area (Å²) in [6.45, 7) is 2.10. The molecule has 0 spiro atoms. The van der Waals surface area contributed by atoms with E-state index in [-0.39, 0.29) is 5.76 Å². The third-order valence-electron chi connectivity index (χ3n) is 4.89. The highest BCUT2D eigenvalue weighted by molar-refractivity contribution is 6.31. The van der Waals surface area contributed by atoms with E-state index in [2.05, 4.69) is 0 Å². The first kappa shape index (κ1) is 21.6. The zero-order chi connectivity index (χ0) is 21.0. The Balaban J connectivity index is 1.94. The van der Waals surface area contributed by atoms with Crippen LogP contribution in [0.15, 0.2) is 54.3 Å². The molecule has 1 aliphatic rings. The largest absolute Gasteiger partial charge is 0.494 e. The van der Waals surface area contributed by atoms with E-state index in [4.69, 9.17) is 25.8 Å². The van der Waals surface area contributed by atoms with Crippen molar-refractivity contribution in [2.45, 2.75) is 31.3 Å². The first-order chi connectivity index (χ1) is 13.9. The summed E-state index contributed by atoms with van der Waals surface area (Å²) >= 11 is 6.41. The van der Waals surface area contributed by atoms with Crippen molar-refractivity contribution in [3.05, 3.63) is 76.0 Å². The second kappa shape index (κ2) is 9.15. The summed E-state index contributed by atoms with van der Waals surface area (Å²) in [4.78, 5) is 0. The molecule has 0 radical (unpaired) electrons. The van der Waals surface area contributed by atoms with Crippen molar-refractivity contribution >= 4 is 11.6 Å². The number of hydrogen-bond donors (Lipinski definition) is 3. The lowest BCUT2D eigenvalue weighted by molar-refractivity contribution is -0.288. The Morgan fingerprint density at radius 3 is 2.48 bits per heavy atom. The van der Waals surface area contributed by atoms with Crippen LogP contribution in [0, 0.1) is 0 Å². The fraction of sp³-hybridized carbons (Fsp3) is 0.364. The molecule has 3 atom stereocenters. The van der Waals surface area contributed by atoms with Crippen LogP contribution in [0.25, 0.3) is 0 Å². The predicted octanol–water partition coefficient (Wildman–Crippen LogP) is 2.76. The quantitative estimate of drug-likeness (QED) is 0.638. The first-order valence-corrected chi connectivity index (χ1v) is 9.73. The number of ether oxygens (including phenoxy) is 3. The van der Waals surface area contributed by atoms with Gasteiger partial charge in [-0.1, -0.05) is 29.8 Å². The molecular weight excluding hydrogens is 396 g/mol. The van der Waals surface area contributed by atoms with E-state index in [1.54, 1.807) is 18.2 Å². The number of aliphatic hydroxyl groups excluding tert-OH is 3. The van der Waals surface area contributed by atoms with E-state index in [1.807, 2.05) is 31.2 Å². The summed E-state index contributed by atoms with van der Waals surface area (Å²) in [7, 11) is 1.37. The van der Waals surface area contributed by atoms with Crippen molar-refractivity contribution in [3.63, 3.8) is 0 Å². The van der Waals surface area contributed by atoms with Crippen LogP contribution in [0.3, 0.4) is 0 Å². The third kappa shape index (κ3) is 4.42. The lowest BCUT2D eigenvalue weighted by Gasteiger charge is -2.42. The van der Waals surface area contributed by atoms with E-state index in [0.717, 1.165) is 16.9 Å². The van der Waals surface area contributed by atoms with Crippen molar-refractivity contribution < 1.29 is 29.5 Å². The van der Waals surface area contributed by atoms with Gasteiger partial charge in [0.1, 0.15) is 24.2 Å². The molecule has 0 aliphatic carbocycles. The van der Waals surface area contributed by atoms with Crippen LogP contribution in [-0.2, 0) is 21.7 Å². The van der Waals surface area contributed by atoms with Crippen LogP contribution in [0.4, 0.5) is 0 Å². The third-order valence-corrected chi connectivity index (χ3v) is 5.26. The monoisotopic (exact) mass is 420 g/mol. The molecule has 3 N–H and O–H groups in total. The van der Waals surface area contributed by atoms with Gasteiger partial charge >= 0.3 is 0 Å². The van der Waals surface area contributed by atoms with Gasteiger partial charge in [-0.3, -0.25) is 0 Å². The fourth-order valence-corrected chi connectivity index (χ4v) is 3.59. The Bertz CT molecular complexity index is 866. The van der Waals surface area contributed by atoms with E-state index in [1.165, 1.54) is 13.2 Å². The van der Waals surface area contributed by atoms with Crippen molar-refractivity contribution in [2.24, 2.45) is 0 Å². The van der Waals surface area contributed by atoms with Gasteiger partial charge in [0.2, 0.25) is 0 Å². The minimum absolute atomic E-state index is 0.118. The van der Waals surface area contributed by atoms with Gasteiger partial charge in [0.05, 0.1) is 6.61 Å². The maximum Gasteiger partial charge on any atom is 0.265 e. The summed E-state index contributed by atoms with van der Waals surface area (Å²) in [6, 6.07) is 12.9. The van der Waals surface area contributed by atoms with Crippen LogP contribution in [0.5, 0.6) is 5.75 Å². The predicted molar refractivity (Wildman–Crippen MR) is 109 cm³/mol. The SMILES string of the molecule is CCOc1ccc(Cc2cc([C@]3(OC)OC(CO)=C[C@H](O)[C@H]3O)ccc2Cl)cc1. The van der Waals surface area contributed by atoms with E-state index < -0.39 is 24.6 Å². The fourth-order valence-electron chi connectivity index (χ4n) is 3.41. The molecule has 2 aromatic rings. The molecule has 0 fully saturated rings. The Morgan fingerprint density at radius 1 is 1.14 bits per heavy atom. The van der Waals surface area contributed by atoms with Crippen LogP contribution >= 0.6 is 11.6 Å².